The van der Waals surface area contributed by atoms with Gasteiger partial charge in [-0.1, -0.05) is 110 Å². The highest BCUT2D eigenvalue weighted by atomic mass is 32.1. The Labute approximate surface area is 169 Å². The van der Waals surface area contributed by atoms with Crippen LogP contribution in [0.2, 0.25) is 0 Å². The molecule has 0 fully saturated rings. The number of hydrogen-bond donors (Lipinski definition) is 2. The van der Waals surface area contributed by atoms with Crippen molar-refractivity contribution in [2.24, 2.45) is 5.73 Å². The van der Waals surface area contributed by atoms with Gasteiger partial charge in [0.05, 0.1) is 0 Å². The van der Waals surface area contributed by atoms with Gasteiger partial charge in [0, 0.05) is 10.8 Å². The van der Waals surface area contributed by atoms with Crippen molar-refractivity contribution >= 4 is 12.6 Å². The molecule has 0 bridgehead atoms. The summed E-state index contributed by atoms with van der Waals surface area (Å²) in [5.74, 6) is 0. The lowest BCUT2D eigenvalue weighted by molar-refractivity contribution is 0.502. The quantitative estimate of drug-likeness (QED) is 0.198. The summed E-state index contributed by atoms with van der Waals surface area (Å²) in [7, 11) is 0. The van der Waals surface area contributed by atoms with Crippen LogP contribution in [0.1, 0.15) is 48.8 Å². The first-order valence-electron chi connectivity index (χ1n) is 9.84. The van der Waals surface area contributed by atoms with Gasteiger partial charge in [-0.15, -0.1) is 0 Å². The van der Waals surface area contributed by atoms with E-state index in [9.17, 15) is 0 Å². The molecule has 0 aromatic heterocycles. The second kappa shape index (κ2) is 9.77. The SMILES string of the molecule is NC(S)CCCCCC(c1ccccc1)(c1ccccc1)c1ccccc1. The maximum atomic E-state index is 5.80. The van der Waals surface area contributed by atoms with Crippen molar-refractivity contribution in [2.45, 2.75) is 42.9 Å². The Morgan fingerprint density at radius 3 is 1.41 bits per heavy atom. The van der Waals surface area contributed by atoms with Crippen LogP contribution in [0.5, 0.6) is 0 Å². The first kappa shape index (κ1) is 19.7. The zero-order valence-electron chi connectivity index (χ0n) is 15.8. The maximum Gasteiger partial charge on any atom is 0.0477 e. The summed E-state index contributed by atoms with van der Waals surface area (Å²) in [6.45, 7) is 0. The molecule has 27 heavy (non-hydrogen) atoms. The third kappa shape index (κ3) is 4.82. The van der Waals surface area contributed by atoms with E-state index in [4.69, 9.17) is 5.73 Å². The van der Waals surface area contributed by atoms with E-state index in [1.807, 2.05) is 0 Å². The average molecular weight is 376 g/mol. The molecule has 0 radical (unpaired) electrons. The summed E-state index contributed by atoms with van der Waals surface area (Å²) in [6, 6.07) is 32.8. The van der Waals surface area contributed by atoms with E-state index < -0.39 is 0 Å². The third-order valence-corrected chi connectivity index (χ3v) is 5.61. The third-order valence-electron chi connectivity index (χ3n) is 5.35. The minimum Gasteiger partial charge on any atom is -0.320 e. The Bertz CT molecular complexity index is 688. The molecule has 140 valence electrons. The molecule has 1 atom stereocenters. The van der Waals surface area contributed by atoms with Gasteiger partial charge in [-0.2, -0.15) is 12.6 Å². The van der Waals surface area contributed by atoms with Crippen molar-refractivity contribution < 1.29 is 0 Å². The van der Waals surface area contributed by atoms with Crippen LogP contribution in [0.4, 0.5) is 0 Å². The summed E-state index contributed by atoms with van der Waals surface area (Å²) in [6.07, 6.45) is 5.49. The van der Waals surface area contributed by atoms with Gasteiger partial charge in [0.1, 0.15) is 0 Å². The van der Waals surface area contributed by atoms with E-state index >= 15 is 0 Å². The van der Waals surface area contributed by atoms with Gasteiger partial charge in [0.2, 0.25) is 0 Å². The number of nitrogens with two attached hydrogens (primary N) is 1. The molecule has 0 aliphatic heterocycles. The maximum absolute atomic E-state index is 5.80. The minimum absolute atomic E-state index is 0.00729. The molecule has 0 aliphatic carbocycles. The molecule has 2 heteroatoms. The van der Waals surface area contributed by atoms with Crippen LogP contribution in [0.15, 0.2) is 91.0 Å². The van der Waals surface area contributed by atoms with Crippen molar-refractivity contribution in [2.75, 3.05) is 0 Å². The van der Waals surface area contributed by atoms with Gasteiger partial charge < -0.3 is 5.73 Å². The normalized spacial score (nSPS) is 12.7. The van der Waals surface area contributed by atoms with E-state index in [0.29, 0.717) is 0 Å². The van der Waals surface area contributed by atoms with Crippen LogP contribution in [0.3, 0.4) is 0 Å². The smallest absolute Gasteiger partial charge is 0.0477 e. The molecule has 0 amide bonds. The number of thiol groups is 1. The number of hydrogen-bond acceptors (Lipinski definition) is 2. The lowest BCUT2D eigenvalue weighted by Gasteiger charge is -2.36. The molecule has 3 aromatic carbocycles. The molecular formula is C25H29NS. The largest absolute Gasteiger partial charge is 0.320 e. The molecular weight excluding hydrogens is 346 g/mol. The minimum atomic E-state index is -0.132. The second-order valence-electron chi connectivity index (χ2n) is 7.17. The van der Waals surface area contributed by atoms with Crippen LogP contribution >= 0.6 is 12.6 Å². The molecule has 3 rings (SSSR count). The van der Waals surface area contributed by atoms with Gasteiger partial charge in [-0.25, -0.2) is 0 Å². The van der Waals surface area contributed by atoms with E-state index in [1.54, 1.807) is 0 Å². The van der Waals surface area contributed by atoms with Gasteiger partial charge in [0.25, 0.3) is 0 Å². The molecule has 0 heterocycles. The molecule has 0 saturated carbocycles. The summed E-state index contributed by atoms with van der Waals surface area (Å²) in [5.41, 5.74) is 9.73. The predicted octanol–water partition coefficient (Wildman–Crippen LogP) is 6.19. The van der Waals surface area contributed by atoms with E-state index in [-0.39, 0.29) is 10.8 Å². The lowest BCUT2D eigenvalue weighted by atomic mass is 9.66. The molecule has 1 nitrogen and oxygen atoms in total. The Kier molecular flexibility index (Phi) is 7.14. The highest BCUT2D eigenvalue weighted by Gasteiger charge is 2.35. The molecule has 3 aromatic rings. The van der Waals surface area contributed by atoms with Crippen LogP contribution in [-0.2, 0) is 5.41 Å². The van der Waals surface area contributed by atoms with Gasteiger partial charge in [-0.3, -0.25) is 0 Å². The van der Waals surface area contributed by atoms with Gasteiger partial charge >= 0.3 is 0 Å². The van der Waals surface area contributed by atoms with E-state index in [2.05, 4.69) is 104 Å². The van der Waals surface area contributed by atoms with Crippen LogP contribution in [0.25, 0.3) is 0 Å². The van der Waals surface area contributed by atoms with E-state index in [1.165, 1.54) is 23.1 Å². The fraction of sp³-hybridized carbons (Fsp3) is 0.280. The van der Waals surface area contributed by atoms with Crippen molar-refractivity contribution in [3.05, 3.63) is 108 Å². The summed E-state index contributed by atoms with van der Waals surface area (Å²) in [5, 5.41) is -0.00729. The van der Waals surface area contributed by atoms with Crippen molar-refractivity contribution in [3.8, 4) is 0 Å². The fourth-order valence-electron chi connectivity index (χ4n) is 4.02. The Morgan fingerprint density at radius 2 is 1.04 bits per heavy atom. The Morgan fingerprint density at radius 1 is 0.630 bits per heavy atom. The molecule has 1 unspecified atom stereocenters. The molecule has 2 N–H and O–H groups in total. The first-order chi connectivity index (χ1) is 13.2. The topological polar surface area (TPSA) is 26.0 Å². The summed E-state index contributed by atoms with van der Waals surface area (Å²) >= 11 is 4.31. The molecule has 0 aliphatic rings. The Balaban J connectivity index is 2.01. The predicted molar refractivity (Wildman–Crippen MR) is 119 cm³/mol. The lowest BCUT2D eigenvalue weighted by Crippen LogP contribution is -2.29. The van der Waals surface area contributed by atoms with E-state index in [0.717, 1.165) is 25.7 Å². The van der Waals surface area contributed by atoms with Crippen molar-refractivity contribution in [1.82, 2.24) is 0 Å². The van der Waals surface area contributed by atoms with Crippen molar-refractivity contribution in [1.29, 1.82) is 0 Å². The van der Waals surface area contributed by atoms with Gasteiger partial charge in [-0.05, 0) is 29.5 Å². The van der Waals surface area contributed by atoms with Crippen LogP contribution in [0, 0.1) is 0 Å². The van der Waals surface area contributed by atoms with Crippen molar-refractivity contribution in [3.63, 3.8) is 0 Å². The fourth-order valence-corrected chi connectivity index (χ4v) is 4.20. The summed E-state index contributed by atoms with van der Waals surface area (Å²) in [4.78, 5) is 0. The zero-order chi connectivity index (χ0) is 19.0. The Hall–Kier alpha value is -2.03. The highest BCUT2D eigenvalue weighted by Crippen LogP contribution is 2.43. The molecule has 0 spiro atoms. The summed E-state index contributed by atoms with van der Waals surface area (Å²) < 4.78 is 0. The number of unbranched alkanes of at least 4 members (excludes halogenated alkanes) is 2. The number of rotatable bonds is 9. The molecule has 0 saturated heterocycles. The van der Waals surface area contributed by atoms with Crippen LogP contribution < -0.4 is 5.73 Å². The van der Waals surface area contributed by atoms with Gasteiger partial charge in [0.15, 0.2) is 0 Å². The van der Waals surface area contributed by atoms with Crippen LogP contribution in [-0.4, -0.2) is 5.37 Å². The standard InChI is InChI=1S/C25H29NS/c26-24(27)19-11-4-12-20-25(21-13-5-1-6-14-21,22-15-7-2-8-16-22)23-17-9-3-10-18-23/h1-3,5-10,13-18,24,27H,4,11-12,19-20,26H2. The number of benzene rings is 3. The monoisotopic (exact) mass is 375 g/mol. The first-order valence-corrected chi connectivity index (χ1v) is 10.4. The highest BCUT2D eigenvalue weighted by molar-refractivity contribution is 7.80. The zero-order valence-corrected chi connectivity index (χ0v) is 16.7. The second-order valence-corrected chi connectivity index (χ2v) is 7.83. The average Bonchev–Trinajstić information content (AvgIpc) is 2.73.